The highest BCUT2D eigenvalue weighted by molar-refractivity contribution is 6.19. The van der Waals surface area contributed by atoms with Crippen LogP contribution in [0.15, 0.2) is 18.5 Å². The molecule has 0 atom stereocenters. The number of pyridine rings is 1. The summed E-state index contributed by atoms with van der Waals surface area (Å²) in [5.74, 6) is 6.62. The summed E-state index contributed by atoms with van der Waals surface area (Å²) in [4.78, 5) is 4.05. The molecular weight excluding hydrogens is 294 g/mol. The molecule has 0 N–H and O–H groups in total. The van der Waals surface area contributed by atoms with Crippen LogP contribution in [0.25, 0.3) is 0 Å². The van der Waals surface area contributed by atoms with Crippen LogP contribution in [0.5, 0.6) is 5.75 Å². The van der Waals surface area contributed by atoms with Gasteiger partial charge in [0.25, 0.3) is 0 Å². The first kappa shape index (κ1) is 17.7. The van der Waals surface area contributed by atoms with Gasteiger partial charge in [-0.05, 0) is 6.07 Å². The fourth-order valence-electron chi connectivity index (χ4n) is 1.38. The molecule has 0 aliphatic rings. The van der Waals surface area contributed by atoms with Crippen molar-refractivity contribution in [3.8, 4) is 17.6 Å². The average Bonchev–Trinajstić information content (AvgIpc) is 2.52. The predicted molar refractivity (Wildman–Crippen MR) is 80.8 cm³/mol. The molecule has 0 aliphatic heterocycles. The van der Waals surface area contributed by atoms with E-state index in [0.717, 1.165) is 5.56 Å². The van der Waals surface area contributed by atoms with Crippen molar-refractivity contribution in [2.24, 2.45) is 0 Å². The van der Waals surface area contributed by atoms with Crippen molar-refractivity contribution in [1.29, 1.82) is 0 Å². The Morgan fingerprint density at radius 1 is 1.05 bits per heavy atom. The first-order valence-corrected chi connectivity index (χ1v) is 7.17. The zero-order valence-corrected chi connectivity index (χ0v) is 12.9. The van der Waals surface area contributed by atoms with E-state index in [2.05, 4.69) is 16.8 Å². The third kappa shape index (κ3) is 9.27. The predicted octanol–water partition coefficient (Wildman–Crippen LogP) is 1.73. The molecule has 0 bridgehead atoms. The van der Waals surface area contributed by atoms with E-state index in [9.17, 15) is 0 Å². The molecule has 0 saturated carbocycles. The fraction of sp³-hybridized carbons (Fsp3) is 0.533. The number of hydrogen-bond donors (Lipinski definition) is 0. The molecular formula is C15H20ClNO4. The normalized spacial score (nSPS) is 10.0. The van der Waals surface area contributed by atoms with E-state index < -0.39 is 0 Å². The van der Waals surface area contributed by atoms with E-state index in [1.807, 2.05) is 6.07 Å². The van der Waals surface area contributed by atoms with Gasteiger partial charge >= 0.3 is 0 Å². The van der Waals surface area contributed by atoms with Gasteiger partial charge in [-0.15, -0.1) is 11.6 Å². The summed E-state index contributed by atoms with van der Waals surface area (Å²) in [5.41, 5.74) is 0.778. The second kappa shape index (κ2) is 12.4. The van der Waals surface area contributed by atoms with Gasteiger partial charge in [-0.2, -0.15) is 0 Å². The Bertz CT molecular complexity index is 445. The molecule has 0 aliphatic carbocycles. The summed E-state index contributed by atoms with van der Waals surface area (Å²) in [5, 5.41) is 0. The maximum Gasteiger partial charge on any atom is 0.138 e. The van der Waals surface area contributed by atoms with Gasteiger partial charge in [0.2, 0.25) is 0 Å². The van der Waals surface area contributed by atoms with Gasteiger partial charge in [-0.25, -0.2) is 0 Å². The quantitative estimate of drug-likeness (QED) is 0.374. The average molecular weight is 314 g/mol. The minimum absolute atomic E-state index is 0.297. The van der Waals surface area contributed by atoms with Crippen LogP contribution < -0.4 is 4.74 Å². The molecule has 1 aromatic rings. The van der Waals surface area contributed by atoms with Gasteiger partial charge in [-0.3, -0.25) is 4.98 Å². The largest absolute Gasteiger partial charge is 0.490 e. The first-order chi connectivity index (χ1) is 10.4. The molecule has 6 heteroatoms. The number of ether oxygens (including phenoxy) is 4. The SMILES string of the molecule is COCCOCCOCCOc1cncc(C#CCCl)c1. The molecule has 0 saturated heterocycles. The molecule has 0 radical (unpaired) electrons. The van der Waals surface area contributed by atoms with Gasteiger partial charge in [-0.1, -0.05) is 11.8 Å². The number of methoxy groups -OCH3 is 1. The molecule has 0 fully saturated rings. The summed E-state index contributed by atoms with van der Waals surface area (Å²) in [6, 6.07) is 1.82. The second-order valence-electron chi connectivity index (χ2n) is 3.91. The van der Waals surface area contributed by atoms with E-state index in [-0.39, 0.29) is 0 Å². The molecule has 116 valence electrons. The third-order valence-electron chi connectivity index (χ3n) is 2.31. The van der Waals surface area contributed by atoms with Crippen molar-refractivity contribution in [2.45, 2.75) is 0 Å². The topological polar surface area (TPSA) is 49.8 Å². The fourth-order valence-corrected chi connectivity index (χ4v) is 1.45. The van der Waals surface area contributed by atoms with Crippen molar-refractivity contribution < 1.29 is 18.9 Å². The third-order valence-corrected chi connectivity index (χ3v) is 2.45. The van der Waals surface area contributed by atoms with Crippen LogP contribution in [-0.2, 0) is 14.2 Å². The molecule has 1 rings (SSSR count). The lowest BCUT2D eigenvalue weighted by atomic mass is 10.3. The number of rotatable bonds is 10. The lowest BCUT2D eigenvalue weighted by molar-refractivity contribution is 0.0179. The maximum absolute atomic E-state index is 5.52. The molecule has 0 aromatic carbocycles. The van der Waals surface area contributed by atoms with Crippen LogP contribution >= 0.6 is 11.6 Å². The Labute approximate surface area is 130 Å². The molecule has 1 heterocycles. The van der Waals surface area contributed by atoms with E-state index in [0.29, 0.717) is 51.3 Å². The summed E-state index contributed by atoms with van der Waals surface area (Å²) >= 11 is 5.50. The smallest absolute Gasteiger partial charge is 0.138 e. The Balaban J connectivity index is 2.10. The van der Waals surface area contributed by atoms with Crippen LogP contribution in [0.3, 0.4) is 0 Å². The number of alkyl halides is 1. The van der Waals surface area contributed by atoms with Crippen molar-refractivity contribution in [3.63, 3.8) is 0 Å². The molecule has 0 spiro atoms. The van der Waals surface area contributed by atoms with Crippen molar-refractivity contribution in [1.82, 2.24) is 4.98 Å². The monoisotopic (exact) mass is 313 g/mol. The van der Waals surface area contributed by atoms with E-state index in [4.69, 9.17) is 30.5 Å². The molecule has 5 nitrogen and oxygen atoms in total. The molecule has 0 unspecified atom stereocenters. The van der Waals surface area contributed by atoms with Gasteiger partial charge in [0.1, 0.15) is 12.4 Å². The number of hydrogen-bond acceptors (Lipinski definition) is 5. The minimum atomic E-state index is 0.297. The molecule has 1 aromatic heterocycles. The van der Waals surface area contributed by atoms with E-state index >= 15 is 0 Å². The molecule has 0 amide bonds. The Hall–Kier alpha value is -1.32. The van der Waals surface area contributed by atoms with Gasteiger partial charge in [0.05, 0.1) is 45.1 Å². The van der Waals surface area contributed by atoms with Crippen molar-refractivity contribution in [3.05, 3.63) is 24.0 Å². The Kier molecular flexibility index (Phi) is 10.5. The first-order valence-electron chi connectivity index (χ1n) is 6.64. The zero-order chi connectivity index (χ0) is 15.2. The number of aromatic nitrogens is 1. The second-order valence-corrected chi connectivity index (χ2v) is 4.18. The highest BCUT2D eigenvalue weighted by atomic mass is 35.5. The lowest BCUT2D eigenvalue weighted by Gasteiger charge is -2.07. The number of halogens is 1. The summed E-state index contributed by atoms with van der Waals surface area (Å²) in [7, 11) is 1.64. The van der Waals surface area contributed by atoms with Crippen LogP contribution in [0.2, 0.25) is 0 Å². The highest BCUT2D eigenvalue weighted by Gasteiger charge is 1.96. The lowest BCUT2D eigenvalue weighted by Crippen LogP contribution is -2.12. The summed E-state index contributed by atoms with van der Waals surface area (Å²) < 4.78 is 21.0. The summed E-state index contributed by atoms with van der Waals surface area (Å²) in [6.45, 7) is 3.20. The van der Waals surface area contributed by atoms with E-state index in [1.54, 1.807) is 19.5 Å². The van der Waals surface area contributed by atoms with Crippen LogP contribution in [0.1, 0.15) is 5.56 Å². The van der Waals surface area contributed by atoms with Crippen LogP contribution in [-0.4, -0.2) is 57.6 Å². The van der Waals surface area contributed by atoms with Crippen molar-refractivity contribution >= 4 is 11.6 Å². The maximum atomic E-state index is 5.52. The van der Waals surface area contributed by atoms with E-state index in [1.165, 1.54) is 0 Å². The standard InChI is InChI=1S/C15H20ClNO4/c1-18-5-6-19-7-8-20-9-10-21-15-11-14(3-2-4-16)12-17-13-15/h11-13H,4-10H2,1H3. The van der Waals surface area contributed by atoms with Gasteiger partial charge < -0.3 is 18.9 Å². The van der Waals surface area contributed by atoms with Crippen LogP contribution in [0.4, 0.5) is 0 Å². The summed E-state index contributed by atoms with van der Waals surface area (Å²) in [6.07, 6.45) is 3.31. The molecule has 21 heavy (non-hydrogen) atoms. The Morgan fingerprint density at radius 2 is 1.76 bits per heavy atom. The Morgan fingerprint density at radius 3 is 2.48 bits per heavy atom. The van der Waals surface area contributed by atoms with Gasteiger partial charge in [0, 0.05) is 18.9 Å². The number of nitrogens with zero attached hydrogens (tertiary/aromatic N) is 1. The minimum Gasteiger partial charge on any atom is -0.490 e. The van der Waals surface area contributed by atoms with Crippen molar-refractivity contribution in [2.75, 3.05) is 52.6 Å². The highest BCUT2D eigenvalue weighted by Crippen LogP contribution is 2.10. The van der Waals surface area contributed by atoms with Crippen LogP contribution in [0, 0.1) is 11.8 Å². The van der Waals surface area contributed by atoms with Gasteiger partial charge in [0.15, 0.2) is 0 Å². The zero-order valence-electron chi connectivity index (χ0n) is 12.1.